The summed E-state index contributed by atoms with van der Waals surface area (Å²) in [5.74, 6) is -1.48. The lowest BCUT2D eigenvalue weighted by Crippen LogP contribution is -2.38. The van der Waals surface area contributed by atoms with Gasteiger partial charge in [-0.15, -0.1) is 11.3 Å². The van der Waals surface area contributed by atoms with Crippen LogP contribution < -0.4 is 9.88 Å². The van der Waals surface area contributed by atoms with Crippen molar-refractivity contribution in [2.45, 2.75) is 0 Å². The highest BCUT2D eigenvalue weighted by atomic mass is 32.1. The quantitative estimate of drug-likeness (QED) is 0.302. The van der Waals surface area contributed by atoms with Crippen LogP contribution >= 0.6 is 23.6 Å². The van der Waals surface area contributed by atoms with Gasteiger partial charge >= 0.3 is 0 Å². The summed E-state index contributed by atoms with van der Waals surface area (Å²) in [5.41, 5.74) is 0.321. The minimum Gasteiger partial charge on any atom is -0.501 e. The third-order valence-electron chi connectivity index (χ3n) is 3.35. The predicted molar refractivity (Wildman–Crippen MR) is 99.3 cm³/mol. The number of aliphatic hydroxyl groups is 1. The molecule has 0 spiro atoms. The summed E-state index contributed by atoms with van der Waals surface area (Å²) in [5, 5.41) is 15.2. The van der Waals surface area contributed by atoms with Crippen LogP contribution in [-0.2, 0) is 0 Å². The molecule has 0 aliphatic rings. The molecule has 7 heteroatoms. The van der Waals surface area contributed by atoms with Crippen LogP contribution in [0.5, 0.6) is 0 Å². The van der Waals surface area contributed by atoms with Crippen LogP contribution in [0.4, 0.5) is 14.5 Å². The Bertz CT molecular complexity index is 926. The molecule has 0 saturated heterocycles. The molecule has 0 unspecified atom stereocenters. The fourth-order valence-electron chi connectivity index (χ4n) is 2.20. The van der Waals surface area contributed by atoms with Crippen molar-refractivity contribution < 1.29 is 18.5 Å². The topological polar surface area (TPSA) is 36.1 Å². The van der Waals surface area contributed by atoms with Crippen molar-refractivity contribution in [3.8, 4) is 0 Å². The molecule has 0 radical (unpaired) electrons. The Morgan fingerprint density at radius 1 is 1.08 bits per heavy atom. The second-order valence-electron chi connectivity index (χ2n) is 5.04. The van der Waals surface area contributed by atoms with E-state index in [4.69, 9.17) is 12.2 Å². The van der Waals surface area contributed by atoms with E-state index in [0.29, 0.717) is 10.6 Å². The lowest BCUT2D eigenvalue weighted by molar-refractivity contribution is -0.575. The second-order valence-corrected chi connectivity index (χ2v) is 6.39. The summed E-state index contributed by atoms with van der Waals surface area (Å²) in [6.45, 7) is 0. The molecule has 0 amide bonds. The highest BCUT2D eigenvalue weighted by molar-refractivity contribution is 7.81. The Hall–Kier alpha value is -2.64. The van der Waals surface area contributed by atoms with Crippen LogP contribution in [0.25, 0.3) is 11.5 Å². The lowest BCUT2D eigenvalue weighted by atomic mass is 10.2. The summed E-state index contributed by atoms with van der Waals surface area (Å²) in [6, 6.07) is 12.1. The van der Waals surface area contributed by atoms with E-state index in [1.165, 1.54) is 17.4 Å². The molecule has 0 fully saturated rings. The van der Waals surface area contributed by atoms with E-state index < -0.39 is 11.6 Å². The van der Waals surface area contributed by atoms with E-state index in [1.807, 2.05) is 11.4 Å². The van der Waals surface area contributed by atoms with Crippen LogP contribution in [0, 0.1) is 11.6 Å². The third kappa shape index (κ3) is 3.89. The molecule has 0 bridgehead atoms. The Balaban J connectivity index is 2.03. The van der Waals surface area contributed by atoms with Gasteiger partial charge in [-0.1, -0.05) is 24.4 Å². The van der Waals surface area contributed by atoms with E-state index >= 15 is 0 Å². The van der Waals surface area contributed by atoms with Crippen LogP contribution in [0.1, 0.15) is 4.88 Å². The zero-order valence-corrected chi connectivity index (χ0v) is 14.5. The molecular weight excluding hydrogens is 362 g/mol. The van der Waals surface area contributed by atoms with E-state index in [-0.39, 0.29) is 16.4 Å². The molecular formula is C18H13F2N2OS2+. The monoisotopic (exact) mass is 375 g/mol. The molecule has 25 heavy (non-hydrogen) atoms. The number of aromatic nitrogens is 1. The van der Waals surface area contributed by atoms with Crippen LogP contribution in [0.3, 0.4) is 0 Å². The van der Waals surface area contributed by atoms with Gasteiger partial charge in [-0.25, -0.2) is 8.78 Å². The number of halogens is 2. The number of hydrogen-bond acceptors (Lipinski definition) is 3. The van der Waals surface area contributed by atoms with Crippen LogP contribution in [0.15, 0.2) is 66.3 Å². The van der Waals surface area contributed by atoms with Gasteiger partial charge < -0.3 is 10.4 Å². The van der Waals surface area contributed by atoms with Gasteiger partial charge in [-0.2, -0.15) is 4.57 Å². The van der Waals surface area contributed by atoms with E-state index in [9.17, 15) is 13.9 Å². The minimum absolute atomic E-state index is 0.0272. The number of hydrogen-bond donors (Lipinski definition) is 2. The summed E-state index contributed by atoms with van der Waals surface area (Å²) in [6.07, 6.45) is 3.43. The smallest absolute Gasteiger partial charge is 0.289 e. The Kier molecular flexibility index (Phi) is 5.16. The van der Waals surface area contributed by atoms with Crippen molar-refractivity contribution in [1.29, 1.82) is 0 Å². The molecule has 1 aromatic carbocycles. The van der Waals surface area contributed by atoms with Crippen molar-refractivity contribution >= 4 is 45.7 Å². The van der Waals surface area contributed by atoms with E-state index in [1.54, 1.807) is 41.2 Å². The molecule has 3 aromatic rings. The first kappa shape index (κ1) is 17.2. The summed E-state index contributed by atoms with van der Waals surface area (Å²) in [7, 11) is 0. The van der Waals surface area contributed by atoms with Gasteiger partial charge in [0.15, 0.2) is 17.4 Å². The van der Waals surface area contributed by atoms with Crippen LogP contribution in [-0.4, -0.2) is 10.1 Å². The number of benzene rings is 1. The summed E-state index contributed by atoms with van der Waals surface area (Å²) in [4.78, 5) is 0.725. The average Bonchev–Trinajstić information content (AvgIpc) is 3.13. The number of anilines is 1. The van der Waals surface area contributed by atoms with Gasteiger partial charge in [0.05, 0.1) is 10.6 Å². The SMILES string of the molecule is O/C(=C(\C(=S)Nc1ccc(F)cc1F)[n+]1ccccc1)c1cccs1. The van der Waals surface area contributed by atoms with Crippen molar-refractivity contribution in [3.63, 3.8) is 0 Å². The Morgan fingerprint density at radius 3 is 2.48 bits per heavy atom. The predicted octanol–water partition coefficient (Wildman–Crippen LogP) is 4.64. The van der Waals surface area contributed by atoms with Gasteiger partial charge in [0.1, 0.15) is 11.6 Å². The standard InChI is InChI=1S/C18H12F2N2OS2/c19-12-6-7-14(13(20)11-12)21-18(24)16(22-8-2-1-3-9-22)17(23)15-5-4-10-25-15/h1-11H,(H-,21,23,24)/p+1. The molecule has 2 aromatic heterocycles. The number of pyridine rings is 1. The fraction of sp³-hybridized carbons (Fsp3) is 0. The molecule has 0 aliphatic carbocycles. The maximum absolute atomic E-state index is 13.9. The molecule has 0 aliphatic heterocycles. The number of nitrogens with zero attached hydrogens (tertiary/aromatic N) is 1. The summed E-state index contributed by atoms with van der Waals surface area (Å²) >= 11 is 6.73. The van der Waals surface area contributed by atoms with Crippen molar-refractivity contribution in [2.24, 2.45) is 0 Å². The molecule has 0 atom stereocenters. The second kappa shape index (κ2) is 7.50. The molecule has 2 heterocycles. The molecule has 126 valence electrons. The first-order valence-electron chi connectivity index (χ1n) is 7.26. The third-order valence-corrected chi connectivity index (χ3v) is 4.52. The maximum Gasteiger partial charge on any atom is 0.289 e. The van der Waals surface area contributed by atoms with Crippen LogP contribution in [0.2, 0.25) is 0 Å². The number of thiophene rings is 1. The van der Waals surface area contributed by atoms with Crippen molar-refractivity contribution in [3.05, 3.63) is 82.8 Å². The number of nitrogens with one attached hydrogen (secondary N) is 1. The highest BCUT2D eigenvalue weighted by Gasteiger charge is 2.24. The average molecular weight is 375 g/mol. The fourth-order valence-corrected chi connectivity index (χ4v) is 3.18. The zero-order chi connectivity index (χ0) is 17.8. The molecule has 3 nitrogen and oxygen atoms in total. The largest absolute Gasteiger partial charge is 0.501 e. The Morgan fingerprint density at radius 2 is 1.84 bits per heavy atom. The van der Waals surface area contributed by atoms with E-state index in [2.05, 4.69) is 5.32 Å². The summed E-state index contributed by atoms with van der Waals surface area (Å²) < 4.78 is 28.6. The Labute approximate surface area is 152 Å². The van der Waals surface area contributed by atoms with E-state index in [0.717, 1.165) is 12.1 Å². The maximum atomic E-state index is 13.9. The molecule has 2 N–H and O–H groups in total. The van der Waals surface area contributed by atoms with Gasteiger partial charge in [0, 0.05) is 18.2 Å². The zero-order valence-electron chi connectivity index (χ0n) is 12.8. The first-order chi connectivity index (χ1) is 12.1. The number of aliphatic hydroxyl groups excluding tert-OH is 1. The van der Waals surface area contributed by atoms with Crippen molar-refractivity contribution in [1.82, 2.24) is 0 Å². The first-order valence-corrected chi connectivity index (χ1v) is 8.55. The highest BCUT2D eigenvalue weighted by Crippen LogP contribution is 2.23. The normalized spacial score (nSPS) is 11.8. The number of rotatable bonds is 4. The number of thiocarbonyl (C=S) groups is 1. The molecule has 0 saturated carbocycles. The molecule has 3 rings (SSSR count). The minimum atomic E-state index is -0.768. The van der Waals surface area contributed by atoms with Gasteiger partial charge in [-0.3, -0.25) is 0 Å². The van der Waals surface area contributed by atoms with Crippen molar-refractivity contribution in [2.75, 3.05) is 5.32 Å². The van der Waals surface area contributed by atoms with Gasteiger partial charge in [0.2, 0.25) is 5.76 Å². The van der Waals surface area contributed by atoms with Gasteiger partial charge in [-0.05, 0) is 23.6 Å². The van der Waals surface area contributed by atoms with Gasteiger partial charge in [0.25, 0.3) is 5.70 Å². The lowest BCUT2D eigenvalue weighted by Gasteiger charge is -2.10.